The zero-order chi connectivity index (χ0) is 13.5. The van der Waals surface area contributed by atoms with Crippen molar-refractivity contribution in [3.05, 3.63) is 48.2 Å². The SMILES string of the molecule is CCCNCc1ccc(-c2ncccc2OC)cc1. The smallest absolute Gasteiger partial charge is 0.145 e. The maximum Gasteiger partial charge on any atom is 0.145 e. The van der Waals surface area contributed by atoms with Crippen molar-refractivity contribution in [2.24, 2.45) is 0 Å². The quantitative estimate of drug-likeness (QED) is 0.806. The normalized spacial score (nSPS) is 10.4. The standard InChI is InChI=1S/C16H20N2O/c1-3-10-17-12-13-6-8-14(9-7-13)16-15(19-2)5-4-11-18-16/h4-9,11,17H,3,10,12H2,1-2H3. The molecule has 1 heterocycles. The number of ether oxygens (including phenoxy) is 1. The molecule has 100 valence electrons. The molecule has 0 unspecified atom stereocenters. The van der Waals surface area contributed by atoms with Gasteiger partial charge in [0, 0.05) is 18.3 Å². The fourth-order valence-electron chi connectivity index (χ4n) is 1.96. The Kier molecular flexibility index (Phi) is 4.93. The largest absolute Gasteiger partial charge is 0.494 e. The highest BCUT2D eigenvalue weighted by molar-refractivity contribution is 5.66. The molecule has 0 bridgehead atoms. The number of methoxy groups -OCH3 is 1. The van der Waals surface area contributed by atoms with E-state index in [9.17, 15) is 0 Å². The lowest BCUT2D eigenvalue weighted by Gasteiger charge is -2.08. The van der Waals surface area contributed by atoms with Crippen molar-refractivity contribution in [1.82, 2.24) is 10.3 Å². The first-order chi connectivity index (χ1) is 9.35. The van der Waals surface area contributed by atoms with Crippen molar-refractivity contribution in [3.8, 4) is 17.0 Å². The highest BCUT2D eigenvalue weighted by atomic mass is 16.5. The Hall–Kier alpha value is -1.87. The molecule has 0 atom stereocenters. The summed E-state index contributed by atoms with van der Waals surface area (Å²) in [5, 5.41) is 3.39. The molecular formula is C16H20N2O. The summed E-state index contributed by atoms with van der Waals surface area (Å²) in [7, 11) is 1.67. The summed E-state index contributed by atoms with van der Waals surface area (Å²) in [4.78, 5) is 4.38. The minimum atomic E-state index is 0.805. The molecule has 0 radical (unpaired) electrons. The van der Waals surface area contributed by atoms with Gasteiger partial charge in [-0.1, -0.05) is 31.2 Å². The van der Waals surface area contributed by atoms with Crippen LogP contribution in [0.25, 0.3) is 11.3 Å². The van der Waals surface area contributed by atoms with E-state index in [1.807, 2.05) is 12.1 Å². The summed E-state index contributed by atoms with van der Waals surface area (Å²) in [6.45, 7) is 4.13. The van der Waals surface area contributed by atoms with E-state index in [1.165, 1.54) is 5.56 Å². The fraction of sp³-hybridized carbons (Fsp3) is 0.312. The predicted molar refractivity (Wildman–Crippen MR) is 78.2 cm³/mol. The molecule has 0 spiro atoms. The van der Waals surface area contributed by atoms with Crippen molar-refractivity contribution in [3.63, 3.8) is 0 Å². The molecule has 3 heteroatoms. The third kappa shape index (κ3) is 3.55. The number of nitrogens with one attached hydrogen (secondary N) is 1. The van der Waals surface area contributed by atoms with Crippen LogP contribution in [-0.4, -0.2) is 18.6 Å². The van der Waals surface area contributed by atoms with E-state index in [2.05, 4.69) is 41.5 Å². The summed E-state index contributed by atoms with van der Waals surface area (Å²) in [5.41, 5.74) is 3.25. The summed E-state index contributed by atoms with van der Waals surface area (Å²) < 4.78 is 5.33. The van der Waals surface area contributed by atoms with E-state index < -0.39 is 0 Å². The molecule has 3 nitrogen and oxygen atoms in total. The number of hydrogen-bond donors (Lipinski definition) is 1. The number of aromatic nitrogens is 1. The van der Waals surface area contributed by atoms with Crippen LogP contribution < -0.4 is 10.1 Å². The van der Waals surface area contributed by atoms with Gasteiger partial charge in [0.25, 0.3) is 0 Å². The molecule has 2 rings (SSSR count). The molecule has 0 aliphatic rings. The summed E-state index contributed by atoms with van der Waals surface area (Å²) in [5.74, 6) is 0.805. The number of hydrogen-bond acceptors (Lipinski definition) is 3. The van der Waals surface area contributed by atoms with Gasteiger partial charge in [-0.25, -0.2) is 0 Å². The van der Waals surface area contributed by atoms with Crippen LogP contribution in [0.3, 0.4) is 0 Å². The van der Waals surface area contributed by atoms with Crippen LogP contribution >= 0.6 is 0 Å². The first-order valence-electron chi connectivity index (χ1n) is 6.64. The van der Waals surface area contributed by atoms with Crippen LogP contribution in [-0.2, 0) is 6.54 Å². The number of rotatable bonds is 6. The maximum atomic E-state index is 5.33. The third-order valence-corrected chi connectivity index (χ3v) is 2.97. The van der Waals surface area contributed by atoms with E-state index in [1.54, 1.807) is 13.3 Å². The van der Waals surface area contributed by atoms with Gasteiger partial charge < -0.3 is 10.1 Å². The van der Waals surface area contributed by atoms with Crippen LogP contribution in [0, 0.1) is 0 Å². The minimum Gasteiger partial charge on any atom is -0.494 e. The van der Waals surface area contributed by atoms with E-state index in [0.717, 1.165) is 36.5 Å². The molecule has 0 aliphatic heterocycles. The van der Waals surface area contributed by atoms with Gasteiger partial charge in [0.05, 0.1) is 7.11 Å². The second kappa shape index (κ2) is 6.90. The Morgan fingerprint density at radius 3 is 2.63 bits per heavy atom. The molecule has 0 saturated heterocycles. The van der Waals surface area contributed by atoms with E-state index in [-0.39, 0.29) is 0 Å². The number of benzene rings is 1. The van der Waals surface area contributed by atoms with E-state index in [0.29, 0.717) is 0 Å². The highest BCUT2D eigenvalue weighted by Crippen LogP contribution is 2.27. The van der Waals surface area contributed by atoms with E-state index >= 15 is 0 Å². The van der Waals surface area contributed by atoms with Gasteiger partial charge >= 0.3 is 0 Å². The predicted octanol–water partition coefficient (Wildman–Crippen LogP) is 3.26. The average Bonchev–Trinajstić information content (AvgIpc) is 2.48. The monoisotopic (exact) mass is 256 g/mol. The maximum absolute atomic E-state index is 5.33. The Bertz CT molecular complexity index is 508. The summed E-state index contributed by atoms with van der Waals surface area (Å²) in [6.07, 6.45) is 2.94. The highest BCUT2D eigenvalue weighted by Gasteiger charge is 2.05. The lowest BCUT2D eigenvalue weighted by molar-refractivity contribution is 0.415. The van der Waals surface area contributed by atoms with Crippen LogP contribution in [0.4, 0.5) is 0 Å². The Balaban J connectivity index is 2.13. The average molecular weight is 256 g/mol. The van der Waals surface area contributed by atoms with Gasteiger partial charge in [0.15, 0.2) is 0 Å². The Morgan fingerprint density at radius 2 is 1.95 bits per heavy atom. The molecular weight excluding hydrogens is 236 g/mol. The van der Waals surface area contributed by atoms with Crippen molar-refractivity contribution >= 4 is 0 Å². The van der Waals surface area contributed by atoms with Crippen molar-refractivity contribution in [2.45, 2.75) is 19.9 Å². The van der Waals surface area contributed by atoms with Gasteiger partial charge in [-0.05, 0) is 30.7 Å². The van der Waals surface area contributed by atoms with Gasteiger partial charge in [0.1, 0.15) is 11.4 Å². The first-order valence-corrected chi connectivity index (χ1v) is 6.64. The zero-order valence-corrected chi connectivity index (χ0v) is 11.5. The first kappa shape index (κ1) is 13.6. The third-order valence-electron chi connectivity index (χ3n) is 2.97. The van der Waals surface area contributed by atoms with Crippen molar-refractivity contribution in [2.75, 3.05) is 13.7 Å². The van der Waals surface area contributed by atoms with Crippen LogP contribution in [0.1, 0.15) is 18.9 Å². The van der Waals surface area contributed by atoms with Crippen LogP contribution in [0.15, 0.2) is 42.6 Å². The molecule has 1 N–H and O–H groups in total. The molecule has 0 saturated carbocycles. The summed E-state index contributed by atoms with van der Waals surface area (Å²) in [6, 6.07) is 12.3. The van der Waals surface area contributed by atoms with Gasteiger partial charge in [-0.15, -0.1) is 0 Å². The Labute approximate surface area is 114 Å². The van der Waals surface area contributed by atoms with Crippen molar-refractivity contribution < 1.29 is 4.74 Å². The molecule has 1 aromatic carbocycles. The summed E-state index contributed by atoms with van der Waals surface area (Å²) >= 11 is 0. The topological polar surface area (TPSA) is 34.2 Å². The van der Waals surface area contributed by atoms with Gasteiger partial charge in [-0.2, -0.15) is 0 Å². The lowest BCUT2D eigenvalue weighted by atomic mass is 10.1. The molecule has 2 aromatic rings. The van der Waals surface area contributed by atoms with Crippen molar-refractivity contribution in [1.29, 1.82) is 0 Å². The second-order valence-electron chi connectivity index (χ2n) is 4.43. The lowest BCUT2D eigenvalue weighted by Crippen LogP contribution is -2.13. The number of pyridine rings is 1. The molecule has 19 heavy (non-hydrogen) atoms. The van der Waals surface area contributed by atoms with Crippen LogP contribution in [0.5, 0.6) is 5.75 Å². The van der Waals surface area contributed by atoms with E-state index in [4.69, 9.17) is 4.74 Å². The second-order valence-corrected chi connectivity index (χ2v) is 4.43. The van der Waals surface area contributed by atoms with Crippen LogP contribution in [0.2, 0.25) is 0 Å². The zero-order valence-electron chi connectivity index (χ0n) is 11.5. The van der Waals surface area contributed by atoms with Gasteiger partial charge in [0.2, 0.25) is 0 Å². The minimum absolute atomic E-state index is 0.805. The molecule has 1 aromatic heterocycles. The molecule has 0 aliphatic carbocycles. The van der Waals surface area contributed by atoms with Gasteiger partial charge in [-0.3, -0.25) is 4.98 Å². The molecule has 0 fully saturated rings. The Morgan fingerprint density at radius 1 is 1.16 bits per heavy atom. The number of nitrogens with zero attached hydrogens (tertiary/aromatic N) is 1. The molecule has 0 amide bonds. The fourth-order valence-corrected chi connectivity index (χ4v) is 1.96.